The molecule has 1 heteroatoms. The maximum Gasteiger partial charge on any atom is -0.0207 e. The van der Waals surface area contributed by atoms with Crippen molar-refractivity contribution in [3.05, 3.63) is 0 Å². The van der Waals surface area contributed by atoms with E-state index in [2.05, 4.69) is 27.7 Å². The maximum atomic E-state index is 2.43. The Morgan fingerprint density at radius 1 is 1.08 bits per heavy atom. The molecule has 0 aromatic rings. The highest BCUT2D eigenvalue weighted by Crippen LogP contribution is 2.60. The van der Waals surface area contributed by atoms with Gasteiger partial charge in [0.05, 0.1) is 0 Å². The molecule has 1 fully saturated rings. The molecule has 0 aromatic heterocycles. The Morgan fingerprint density at radius 3 is 1.75 bits per heavy atom. The van der Waals surface area contributed by atoms with Gasteiger partial charge in [0.2, 0.25) is 0 Å². The normalized spacial score (nSPS) is 36.2. The minimum Gasteiger partial charge on any atom is -0.0977 e. The smallest absolute Gasteiger partial charge is 0.0207 e. The van der Waals surface area contributed by atoms with Gasteiger partial charge in [0.25, 0.3) is 0 Å². The lowest BCUT2D eigenvalue weighted by molar-refractivity contribution is 0.696. The molecule has 2 atom stereocenters. The number of hydrogen-bond acceptors (Lipinski definition) is 0. The molecule has 0 amide bonds. The Balaban J connectivity index is 2.59. The first-order valence-electron chi connectivity index (χ1n) is 5.48. The van der Waals surface area contributed by atoms with Crippen LogP contribution in [-0.4, -0.2) is 17.0 Å². The Kier molecular flexibility index (Phi) is 4.03. The van der Waals surface area contributed by atoms with E-state index in [0.717, 1.165) is 17.0 Å². The Morgan fingerprint density at radius 2 is 1.50 bits per heavy atom. The van der Waals surface area contributed by atoms with Crippen LogP contribution in [0.5, 0.6) is 0 Å². The highest BCUT2D eigenvalue weighted by molar-refractivity contribution is 7.60. The zero-order valence-electron chi connectivity index (χ0n) is 9.01. The van der Waals surface area contributed by atoms with Gasteiger partial charge in [-0.1, -0.05) is 35.6 Å². The van der Waals surface area contributed by atoms with Crippen LogP contribution >= 0.6 is 7.92 Å². The molecule has 1 rings (SSSR count). The zero-order chi connectivity index (χ0) is 9.14. The van der Waals surface area contributed by atoms with Crippen molar-refractivity contribution >= 4 is 7.92 Å². The van der Waals surface area contributed by atoms with E-state index in [1.165, 1.54) is 25.7 Å². The van der Waals surface area contributed by atoms with Gasteiger partial charge in [-0.05, 0) is 42.7 Å². The second-order valence-corrected chi connectivity index (χ2v) is 7.63. The lowest BCUT2D eigenvalue weighted by atomic mass is 10.1. The third kappa shape index (κ3) is 2.02. The molecule has 0 aromatic carbocycles. The maximum absolute atomic E-state index is 2.43. The molecule has 0 nitrogen and oxygen atoms in total. The molecule has 1 aliphatic rings. The van der Waals surface area contributed by atoms with E-state index in [1.54, 1.807) is 0 Å². The van der Waals surface area contributed by atoms with Crippen LogP contribution in [0.3, 0.4) is 0 Å². The Hall–Kier alpha value is 0.430. The minimum atomic E-state index is 0.369. The molecular formula is C11H23P. The van der Waals surface area contributed by atoms with Gasteiger partial charge in [0.1, 0.15) is 0 Å². The summed E-state index contributed by atoms with van der Waals surface area (Å²) in [6.45, 7) is 9.62. The van der Waals surface area contributed by atoms with Crippen LogP contribution in [0, 0.1) is 0 Å². The predicted molar refractivity (Wildman–Crippen MR) is 59.4 cm³/mol. The first-order chi connectivity index (χ1) is 5.70. The summed E-state index contributed by atoms with van der Waals surface area (Å²) in [6, 6.07) is 0. The van der Waals surface area contributed by atoms with Gasteiger partial charge < -0.3 is 0 Å². The van der Waals surface area contributed by atoms with Crippen LogP contribution < -0.4 is 0 Å². The van der Waals surface area contributed by atoms with Gasteiger partial charge in [-0.25, -0.2) is 0 Å². The second kappa shape index (κ2) is 4.61. The van der Waals surface area contributed by atoms with E-state index in [-0.39, 0.29) is 0 Å². The van der Waals surface area contributed by atoms with E-state index in [1.807, 2.05) is 0 Å². The van der Waals surface area contributed by atoms with Gasteiger partial charge in [-0.15, -0.1) is 0 Å². The second-order valence-electron chi connectivity index (χ2n) is 4.24. The fraction of sp³-hybridized carbons (Fsp3) is 1.00. The average Bonchev–Trinajstić information content (AvgIpc) is 2.46. The quantitative estimate of drug-likeness (QED) is 0.579. The number of hydrogen-bond donors (Lipinski definition) is 0. The predicted octanol–water partition coefficient (Wildman–Crippen LogP) is 4.23. The largest absolute Gasteiger partial charge is 0.0977 e. The summed E-state index contributed by atoms with van der Waals surface area (Å²) in [4.78, 5) is 0. The summed E-state index contributed by atoms with van der Waals surface area (Å²) in [5.74, 6) is 0. The first kappa shape index (κ1) is 10.5. The number of rotatable bonds is 3. The molecule has 0 bridgehead atoms. The van der Waals surface area contributed by atoms with Crippen LogP contribution in [0.4, 0.5) is 0 Å². The fourth-order valence-corrected chi connectivity index (χ4v) is 6.67. The summed E-state index contributed by atoms with van der Waals surface area (Å²) < 4.78 is 0. The van der Waals surface area contributed by atoms with Crippen LogP contribution in [0.25, 0.3) is 0 Å². The van der Waals surface area contributed by atoms with E-state index in [0.29, 0.717) is 7.92 Å². The van der Waals surface area contributed by atoms with Crippen molar-refractivity contribution in [1.29, 1.82) is 0 Å². The van der Waals surface area contributed by atoms with Crippen molar-refractivity contribution in [2.75, 3.05) is 0 Å². The van der Waals surface area contributed by atoms with Crippen LogP contribution in [0.1, 0.15) is 53.4 Å². The molecule has 1 heterocycles. The van der Waals surface area contributed by atoms with Crippen molar-refractivity contribution in [3.8, 4) is 0 Å². The molecule has 72 valence electrons. The highest BCUT2D eigenvalue weighted by Gasteiger charge is 2.34. The third-order valence-corrected chi connectivity index (χ3v) is 7.34. The Labute approximate surface area is 78.9 Å². The van der Waals surface area contributed by atoms with E-state index < -0.39 is 0 Å². The third-order valence-electron chi connectivity index (χ3n) is 3.22. The van der Waals surface area contributed by atoms with Gasteiger partial charge in [-0.3, -0.25) is 0 Å². The van der Waals surface area contributed by atoms with Crippen molar-refractivity contribution in [1.82, 2.24) is 0 Å². The Bertz CT molecular complexity index is 119. The van der Waals surface area contributed by atoms with Crippen LogP contribution in [0.15, 0.2) is 0 Å². The molecule has 0 aliphatic carbocycles. The van der Waals surface area contributed by atoms with Crippen LogP contribution in [0.2, 0.25) is 0 Å². The van der Waals surface area contributed by atoms with E-state index >= 15 is 0 Å². The standard InChI is InChI=1S/C11H23P/c1-5-10-7-8-11(6-2)12(10)9(3)4/h9-11H,5-8H2,1-4H3. The lowest BCUT2D eigenvalue weighted by Gasteiger charge is -2.28. The first-order valence-corrected chi connectivity index (χ1v) is 7.03. The molecule has 12 heavy (non-hydrogen) atoms. The van der Waals surface area contributed by atoms with Crippen molar-refractivity contribution in [2.24, 2.45) is 0 Å². The van der Waals surface area contributed by atoms with Gasteiger partial charge in [0.15, 0.2) is 0 Å². The molecule has 2 unspecified atom stereocenters. The monoisotopic (exact) mass is 186 g/mol. The molecule has 0 spiro atoms. The zero-order valence-corrected chi connectivity index (χ0v) is 9.90. The summed E-state index contributed by atoms with van der Waals surface area (Å²) in [6.07, 6.45) is 5.92. The molecule has 1 aliphatic heterocycles. The molecule has 0 N–H and O–H groups in total. The van der Waals surface area contributed by atoms with Gasteiger partial charge in [-0.2, -0.15) is 0 Å². The fourth-order valence-electron chi connectivity index (χ4n) is 2.65. The molecule has 0 saturated carbocycles. The summed E-state index contributed by atoms with van der Waals surface area (Å²) >= 11 is 0. The lowest BCUT2D eigenvalue weighted by Crippen LogP contribution is -2.09. The molecular weight excluding hydrogens is 163 g/mol. The average molecular weight is 186 g/mol. The summed E-state index contributed by atoms with van der Waals surface area (Å²) in [5, 5.41) is 0. The summed E-state index contributed by atoms with van der Waals surface area (Å²) in [5.41, 5.74) is 3.17. The van der Waals surface area contributed by atoms with E-state index in [4.69, 9.17) is 0 Å². The molecule has 1 saturated heterocycles. The highest BCUT2D eigenvalue weighted by atomic mass is 31.1. The molecule has 0 radical (unpaired) electrons. The topological polar surface area (TPSA) is 0 Å². The van der Waals surface area contributed by atoms with Crippen LogP contribution in [-0.2, 0) is 0 Å². The van der Waals surface area contributed by atoms with E-state index in [9.17, 15) is 0 Å². The minimum absolute atomic E-state index is 0.369. The SMILES string of the molecule is CCC1CCC(CC)P1C(C)C. The summed E-state index contributed by atoms with van der Waals surface area (Å²) in [7, 11) is 0.369. The van der Waals surface area contributed by atoms with Crippen molar-refractivity contribution in [2.45, 2.75) is 70.4 Å². The van der Waals surface area contributed by atoms with Gasteiger partial charge >= 0.3 is 0 Å². The van der Waals surface area contributed by atoms with Crippen molar-refractivity contribution in [3.63, 3.8) is 0 Å². The van der Waals surface area contributed by atoms with Crippen molar-refractivity contribution < 1.29 is 0 Å². The van der Waals surface area contributed by atoms with Gasteiger partial charge in [0, 0.05) is 0 Å².